The zero-order valence-corrected chi connectivity index (χ0v) is 10.6. The van der Waals surface area contributed by atoms with Crippen molar-refractivity contribution in [3.05, 3.63) is 35.4 Å². The highest BCUT2D eigenvalue weighted by molar-refractivity contribution is 5.98. The Labute approximate surface area is 113 Å². The van der Waals surface area contributed by atoms with E-state index in [0.29, 0.717) is 0 Å². The Morgan fingerprint density at radius 1 is 0.700 bits per heavy atom. The van der Waals surface area contributed by atoms with E-state index in [4.69, 9.17) is 0 Å². The summed E-state index contributed by atoms with van der Waals surface area (Å²) in [5, 5.41) is 0. The van der Waals surface area contributed by atoms with Crippen LogP contribution in [0.3, 0.4) is 0 Å². The second-order valence-corrected chi connectivity index (χ2v) is 3.26. The summed E-state index contributed by atoms with van der Waals surface area (Å²) in [6.07, 6.45) is -2.30. The van der Waals surface area contributed by atoms with Crippen molar-refractivity contribution in [3.8, 4) is 0 Å². The van der Waals surface area contributed by atoms with E-state index in [1.165, 1.54) is 24.3 Å². The van der Waals surface area contributed by atoms with E-state index in [-0.39, 0.29) is 11.1 Å². The van der Waals surface area contributed by atoms with Crippen LogP contribution in [0, 0.1) is 0 Å². The third-order valence-electron chi connectivity index (χ3n) is 2.04. The number of ether oxygens (including phenoxy) is 4. The molecule has 0 aliphatic carbocycles. The minimum atomic E-state index is -1.15. The third kappa shape index (κ3) is 4.09. The Hall–Kier alpha value is -2.90. The standard InChI is InChI=1S/C12H10O8/c1-17-11(15)19-9(13)7-3-5-8(6-4-7)10(14)20-12(16)18-2/h3-6H,1-2H3. The third-order valence-corrected chi connectivity index (χ3v) is 2.04. The summed E-state index contributed by atoms with van der Waals surface area (Å²) in [5.74, 6) is -1.88. The molecule has 0 heterocycles. The first-order valence-electron chi connectivity index (χ1n) is 5.18. The van der Waals surface area contributed by atoms with Crippen LogP contribution in [0.2, 0.25) is 0 Å². The summed E-state index contributed by atoms with van der Waals surface area (Å²) >= 11 is 0. The second kappa shape index (κ2) is 6.88. The van der Waals surface area contributed by atoms with Crippen molar-refractivity contribution in [2.45, 2.75) is 0 Å². The van der Waals surface area contributed by atoms with Crippen LogP contribution in [0.25, 0.3) is 0 Å². The fraction of sp³-hybridized carbons (Fsp3) is 0.167. The van der Waals surface area contributed by atoms with E-state index >= 15 is 0 Å². The zero-order valence-electron chi connectivity index (χ0n) is 10.6. The SMILES string of the molecule is COC(=O)OC(=O)c1ccc(C(=O)OC(=O)OC)cc1. The van der Waals surface area contributed by atoms with Crippen LogP contribution in [-0.4, -0.2) is 38.5 Å². The van der Waals surface area contributed by atoms with Gasteiger partial charge in [0.1, 0.15) is 0 Å². The Kier molecular flexibility index (Phi) is 5.21. The summed E-state index contributed by atoms with van der Waals surface area (Å²) in [6.45, 7) is 0. The highest BCUT2D eigenvalue weighted by Gasteiger charge is 2.16. The lowest BCUT2D eigenvalue weighted by molar-refractivity contribution is 0.0430. The molecule has 0 saturated carbocycles. The fourth-order valence-electron chi connectivity index (χ4n) is 1.09. The molecule has 0 saturated heterocycles. The first-order chi connectivity index (χ1) is 9.47. The van der Waals surface area contributed by atoms with Gasteiger partial charge in [-0.25, -0.2) is 19.2 Å². The number of carbonyl (C=O) groups excluding carboxylic acids is 4. The highest BCUT2D eigenvalue weighted by atomic mass is 16.7. The molecule has 0 fully saturated rings. The van der Waals surface area contributed by atoms with Crippen molar-refractivity contribution in [1.82, 2.24) is 0 Å². The molecule has 0 spiro atoms. The maximum Gasteiger partial charge on any atom is 0.516 e. The first-order valence-corrected chi connectivity index (χ1v) is 5.18. The molecule has 0 N–H and O–H groups in total. The minimum Gasteiger partial charge on any atom is -0.437 e. The molecular weight excluding hydrogens is 272 g/mol. The van der Waals surface area contributed by atoms with E-state index in [1.54, 1.807) is 0 Å². The van der Waals surface area contributed by atoms with Gasteiger partial charge in [0, 0.05) is 0 Å². The molecule has 106 valence electrons. The van der Waals surface area contributed by atoms with Gasteiger partial charge in [-0.05, 0) is 24.3 Å². The molecule has 0 amide bonds. The molecular formula is C12H10O8. The molecule has 20 heavy (non-hydrogen) atoms. The summed E-state index contributed by atoms with van der Waals surface area (Å²) in [5.41, 5.74) is 0.0371. The van der Waals surface area contributed by atoms with E-state index in [9.17, 15) is 19.2 Å². The normalized spacial score (nSPS) is 9.30. The fourth-order valence-corrected chi connectivity index (χ4v) is 1.09. The molecule has 0 aromatic heterocycles. The quantitative estimate of drug-likeness (QED) is 0.594. The molecule has 0 atom stereocenters. The number of hydrogen-bond donors (Lipinski definition) is 0. The average Bonchev–Trinajstić information content (AvgIpc) is 2.46. The lowest BCUT2D eigenvalue weighted by atomic mass is 10.1. The maximum absolute atomic E-state index is 11.4. The van der Waals surface area contributed by atoms with Crippen molar-refractivity contribution < 1.29 is 38.1 Å². The Bertz CT molecular complexity index is 482. The van der Waals surface area contributed by atoms with Crippen LogP contribution >= 0.6 is 0 Å². The molecule has 0 radical (unpaired) electrons. The smallest absolute Gasteiger partial charge is 0.437 e. The molecule has 1 aromatic carbocycles. The van der Waals surface area contributed by atoms with Crippen LogP contribution < -0.4 is 0 Å². The van der Waals surface area contributed by atoms with Gasteiger partial charge in [-0.1, -0.05) is 0 Å². The Morgan fingerprint density at radius 2 is 1.00 bits per heavy atom. The number of benzene rings is 1. The zero-order chi connectivity index (χ0) is 15.1. The van der Waals surface area contributed by atoms with E-state index < -0.39 is 24.2 Å². The van der Waals surface area contributed by atoms with Gasteiger partial charge in [-0.2, -0.15) is 0 Å². The summed E-state index contributed by atoms with van der Waals surface area (Å²) in [4.78, 5) is 44.3. The van der Waals surface area contributed by atoms with Crippen LogP contribution in [0.4, 0.5) is 9.59 Å². The topological polar surface area (TPSA) is 105 Å². The molecule has 8 heteroatoms. The van der Waals surface area contributed by atoms with Gasteiger partial charge in [-0.3, -0.25) is 0 Å². The van der Waals surface area contributed by atoms with Gasteiger partial charge in [0.2, 0.25) is 0 Å². The molecule has 0 aliphatic heterocycles. The van der Waals surface area contributed by atoms with Gasteiger partial charge >= 0.3 is 24.2 Å². The number of methoxy groups -OCH3 is 2. The molecule has 1 aromatic rings. The van der Waals surface area contributed by atoms with Crippen LogP contribution in [0.1, 0.15) is 20.7 Å². The number of hydrogen-bond acceptors (Lipinski definition) is 8. The number of carbonyl (C=O) groups is 4. The van der Waals surface area contributed by atoms with Crippen LogP contribution in [-0.2, 0) is 18.9 Å². The van der Waals surface area contributed by atoms with Crippen molar-refractivity contribution in [2.24, 2.45) is 0 Å². The molecule has 8 nitrogen and oxygen atoms in total. The van der Waals surface area contributed by atoms with E-state index in [2.05, 4.69) is 18.9 Å². The summed E-state index contributed by atoms with van der Waals surface area (Å²) in [6, 6.07) is 4.89. The second-order valence-electron chi connectivity index (χ2n) is 3.26. The number of rotatable bonds is 2. The predicted molar refractivity (Wildman–Crippen MR) is 62.1 cm³/mol. The molecule has 0 aliphatic rings. The van der Waals surface area contributed by atoms with E-state index in [0.717, 1.165) is 14.2 Å². The van der Waals surface area contributed by atoms with Crippen molar-refractivity contribution >= 4 is 24.2 Å². The lowest BCUT2D eigenvalue weighted by Gasteiger charge is -2.03. The highest BCUT2D eigenvalue weighted by Crippen LogP contribution is 2.08. The summed E-state index contributed by atoms with van der Waals surface area (Å²) in [7, 11) is 2.11. The lowest BCUT2D eigenvalue weighted by Crippen LogP contribution is -2.14. The first kappa shape index (κ1) is 15.2. The summed E-state index contributed by atoms with van der Waals surface area (Å²) < 4.78 is 16.9. The average molecular weight is 282 g/mol. The largest absolute Gasteiger partial charge is 0.516 e. The molecule has 0 unspecified atom stereocenters. The Balaban J connectivity index is 2.73. The number of esters is 2. The molecule has 0 bridgehead atoms. The van der Waals surface area contributed by atoms with Crippen molar-refractivity contribution in [2.75, 3.05) is 14.2 Å². The van der Waals surface area contributed by atoms with Gasteiger partial charge in [0.15, 0.2) is 0 Å². The minimum absolute atomic E-state index is 0.0185. The van der Waals surface area contributed by atoms with Gasteiger partial charge in [0.05, 0.1) is 25.3 Å². The van der Waals surface area contributed by atoms with Crippen LogP contribution in [0.15, 0.2) is 24.3 Å². The monoisotopic (exact) mass is 282 g/mol. The van der Waals surface area contributed by atoms with Crippen molar-refractivity contribution in [1.29, 1.82) is 0 Å². The Morgan fingerprint density at radius 3 is 1.25 bits per heavy atom. The van der Waals surface area contributed by atoms with Gasteiger partial charge in [0.25, 0.3) is 0 Å². The van der Waals surface area contributed by atoms with E-state index in [1.807, 2.05) is 0 Å². The van der Waals surface area contributed by atoms with Gasteiger partial charge in [-0.15, -0.1) is 0 Å². The molecule has 1 rings (SSSR count). The van der Waals surface area contributed by atoms with Gasteiger partial charge < -0.3 is 18.9 Å². The predicted octanol–water partition coefficient (Wildman–Crippen LogP) is 1.53. The van der Waals surface area contributed by atoms with Crippen molar-refractivity contribution in [3.63, 3.8) is 0 Å². The maximum atomic E-state index is 11.4. The van der Waals surface area contributed by atoms with Crippen LogP contribution in [0.5, 0.6) is 0 Å².